The summed E-state index contributed by atoms with van der Waals surface area (Å²) in [5.41, 5.74) is -6.54. The van der Waals surface area contributed by atoms with Gasteiger partial charge in [-0.3, -0.25) is 0 Å². The molecular formula is C38H35F8N. The number of benzene rings is 5. The van der Waals surface area contributed by atoms with E-state index in [2.05, 4.69) is 26.1 Å². The van der Waals surface area contributed by atoms with Crippen LogP contribution >= 0.6 is 0 Å². The SMILES string of the molecule is CCC(C)(CC)c1c(F)c(F)c(-c2c(F)c(F)c(Nc3c4ccccc4c(C(C)(CC)CC)c4ccccc34)c(F)c2F)c(F)c1F. The molecule has 0 aliphatic heterocycles. The predicted octanol–water partition coefficient (Wildman–Crippen LogP) is 12.7. The van der Waals surface area contributed by atoms with E-state index in [1.54, 1.807) is 38.1 Å². The van der Waals surface area contributed by atoms with Gasteiger partial charge in [0.05, 0.1) is 16.8 Å². The first-order valence-corrected chi connectivity index (χ1v) is 15.7. The molecule has 1 nitrogen and oxygen atoms in total. The number of fused-ring (bicyclic) bond motifs is 2. The van der Waals surface area contributed by atoms with Crippen molar-refractivity contribution >= 4 is 32.9 Å². The molecule has 248 valence electrons. The Balaban J connectivity index is 1.78. The summed E-state index contributed by atoms with van der Waals surface area (Å²) in [4.78, 5) is 0. The Morgan fingerprint density at radius 1 is 0.426 bits per heavy atom. The van der Waals surface area contributed by atoms with E-state index >= 15 is 35.1 Å². The van der Waals surface area contributed by atoms with Gasteiger partial charge in [0.15, 0.2) is 46.5 Å². The average Bonchev–Trinajstić information content (AvgIpc) is 3.08. The summed E-state index contributed by atoms with van der Waals surface area (Å²) >= 11 is 0. The van der Waals surface area contributed by atoms with Crippen LogP contribution in [0, 0.1) is 46.5 Å². The molecule has 0 aliphatic carbocycles. The second-order valence-corrected chi connectivity index (χ2v) is 12.5. The third-order valence-electron chi connectivity index (χ3n) is 10.3. The van der Waals surface area contributed by atoms with Gasteiger partial charge >= 0.3 is 0 Å². The van der Waals surface area contributed by atoms with Crippen molar-refractivity contribution in [1.29, 1.82) is 0 Å². The minimum atomic E-state index is -2.22. The highest BCUT2D eigenvalue weighted by Gasteiger charge is 2.39. The van der Waals surface area contributed by atoms with Gasteiger partial charge in [-0.2, -0.15) is 0 Å². The Hall–Kier alpha value is -4.14. The van der Waals surface area contributed by atoms with Crippen LogP contribution in [-0.2, 0) is 10.8 Å². The largest absolute Gasteiger partial charge is 0.350 e. The second kappa shape index (κ2) is 12.5. The lowest BCUT2D eigenvalue weighted by Crippen LogP contribution is -2.25. The van der Waals surface area contributed by atoms with Crippen molar-refractivity contribution in [2.24, 2.45) is 0 Å². The molecule has 0 heterocycles. The maximum absolute atomic E-state index is 15.8. The van der Waals surface area contributed by atoms with Crippen molar-refractivity contribution in [1.82, 2.24) is 0 Å². The van der Waals surface area contributed by atoms with E-state index in [1.165, 1.54) is 6.92 Å². The predicted molar refractivity (Wildman–Crippen MR) is 172 cm³/mol. The van der Waals surface area contributed by atoms with E-state index < -0.39 is 74.3 Å². The molecule has 0 aliphatic rings. The van der Waals surface area contributed by atoms with Crippen LogP contribution in [0.1, 0.15) is 78.4 Å². The molecular weight excluding hydrogens is 622 g/mol. The maximum atomic E-state index is 15.8. The molecule has 5 rings (SSSR count). The first-order chi connectivity index (χ1) is 22.2. The van der Waals surface area contributed by atoms with Crippen LogP contribution in [-0.4, -0.2) is 0 Å². The van der Waals surface area contributed by atoms with E-state index in [-0.39, 0.29) is 23.9 Å². The maximum Gasteiger partial charge on any atom is 0.186 e. The summed E-state index contributed by atoms with van der Waals surface area (Å²) in [6.07, 6.45) is 1.69. The van der Waals surface area contributed by atoms with Crippen LogP contribution in [0.4, 0.5) is 46.5 Å². The van der Waals surface area contributed by atoms with Crippen molar-refractivity contribution in [3.63, 3.8) is 0 Å². The summed E-state index contributed by atoms with van der Waals surface area (Å²) in [7, 11) is 0. The zero-order valence-corrected chi connectivity index (χ0v) is 27.0. The smallest absolute Gasteiger partial charge is 0.186 e. The van der Waals surface area contributed by atoms with Gasteiger partial charge in [-0.15, -0.1) is 0 Å². The molecule has 0 atom stereocenters. The highest BCUT2D eigenvalue weighted by atomic mass is 19.2. The Kier molecular flexibility index (Phi) is 9.07. The molecule has 0 spiro atoms. The number of hydrogen-bond donors (Lipinski definition) is 1. The molecule has 0 bridgehead atoms. The third-order valence-corrected chi connectivity index (χ3v) is 10.3. The Morgan fingerprint density at radius 2 is 0.745 bits per heavy atom. The first-order valence-electron chi connectivity index (χ1n) is 15.7. The lowest BCUT2D eigenvalue weighted by Gasteiger charge is -2.31. The summed E-state index contributed by atoms with van der Waals surface area (Å²) < 4.78 is 125. The fourth-order valence-electron chi connectivity index (χ4n) is 6.59. The number of halogens is 8. The molecule has 5 aromatic carbocycles. The second-order valence-electron chi connectivity index (χ2n) is 12.5. The van der Waals surface area contributed by atoms with Gasteiger partial charge in [0.1, 0.15) is 5.69 Å². The average molecular weight is 658 g/mol. The minimum absolute atomic E-state index is 0.0718. The first kappa shape index (κ1) is 34.2. The molecule has 1 N–H and O–H groups in total. The van der Waals surface area contributed by atoms with Crippen molar-refractivity contribution in [2.75, 3.05) is 5.32 Å². The van der Waals surface area contributed by atoms with Gasteiger partial charge in [-0.1, -0.05) is 90.1 Å². The standard InChI is InChI=1S/C38H35F8N/c1-7-37(5,8-2)25-19-15-11-13-17-21(19)35(22-18-14-12-16-20(22)25)47-36-33(45)29(41)24(30(42)34(36)46)23-27(39)31(43)26(32(44)28(23)40)38(6,9-3)10-4/h11-18,47H,7-10H2,1-6H3. The lowest BCUT2D eigenvalue weighted by atomic mass is 9.73. The third kappa shape index (κ3) is 5.13. The van der Waals surface area contributed by atoms with Gasteiger partial charge in [0, 0.05) is 16.3 Å². The van der Waals surface area contributed by atoms with Gasteiger partial charge in [0.25, 0.3) is 0 Å². The van der Waals surface area contributed by atoms with Gasteiger partial charge in [-0.25, -0.2) is 35.1 Å². The number of hydrogen-bond acceptors (Lipinski definition) is 1. The fraction of sp³-hybridized carbons (Fsp3) is 0.316. The van der Waals surface area contributed by atoms with E-state index in [9.17, 15) is 0 Å². The zero-order chi connectivity index (χ0) is 34.6. The Labute approximate surface area is 268 Å². The van der Waals surface area contributed by atoms with Crippen LogP contribution < -0.4 is 5.32 Å². The minimum Gasteiger partial charge on any atom is -0.350 e. The van der Waals surface area contributed by atoms with Crippen molar-refractivity contribution in [2.45, 2.75) is 78.1 Å². The molecule has 0 saturated carbocycles. The number of nitrogens with one attached hydrogen (secondary N) is 1. The molecule has 0 amide bonds. The number of anilines is 2. The highest BCUT2D eigenvalue weighted by Crippen LogP contribution is 2.47. The molecule has 9 heteroatoms. The number of rotatable bonds is 9. The van der Waals surface area contributed by atoms with Gasteiger partial charge < -0.3 is 5.32 Å². The van der Waals surface area contributed by atoms with Crippen LogP contribution in [0.5, 0.6) is 0 Å². The topological polar surface area (TPSA) is 12.0 Å². The summed E-state index contributed by atoms with van der Waals surface area (Å²) in [6.45, 7) is 10.7. The molecule has 0 aromatic heterocycles. The van der Waals surface area contributed by atoms with Crippen molar-refractivity contribution < 1.29 is 35.1 Å². The summed E-state index contributed by atoms with van der Waals surface area (Å²) in [6, 6.07) is 14.1. The van der Waals surface area contributed by atoms with E-state index in [4.69, 9.17) is 0 Å². The van der Waals surface area contributed by atoms with Crippen molar-refractivity contribution in [3.05, 3.63) is 106 Å². The van der Waals surface area contributed by atoms with Crippen molar-refractivity contribution in [3.8, 4) is 11.1 Å². The normalized spacial score (nSPS) is 12.4. The van der Waals surface area contributed by atoms with Gasteiger partial charge in [0.2, 0.25) is 0 Å². The Bertz CT molecular complexity index is 1910. The molecule has 0 saturated heterocycles. The van der Waals surface area contributed by atoms with E-state index in [0.717, 1.165) is 29.2 Å². The highest BCUT2D eigenvalue weighted by molar-refractivity contribution is 6.15. The summed E-state index contributed by atoms with van der Waals surface area (Å²) in [5.74, 6) is -16.6. The monoisotopic (exact) mass is 657 g/mol. The van der Waals surface area contributed by atoms with Crippen LogP contribution in [0.25, 0.3) is 32.7 Å². The molecule has 0 radical (unpaired) electrons. The molecule has 0 fully saturated rings. The van der Waals surface area contributed by atoms with Crippen LogP contribution in [0.15, 0.2) is 48.5 Å². The van der Waals surface area contributed by atoms with E-state index in [0.29, 0.717) is 10.8 Å². The van der Waals surface area contributed by atoms with Crippen LogP contribution in [0.2, 0.25) is 0 Å². The molecule has 5 aromatic rings. The van der Waals surface area contributed by atoms with E-state index in [1.807, 2.05) is 24.3 Å². The Morgan fingerprint density at radius 3 is 1.11 bits per heavy atom. The van der Waals surface area contributed by atoms with Gasteiger partial charge in [-0.05, 0) is 52.8 Å². The zero-order valence-electron chi connectivity index (χ0n) is 27.0. The van der Waals surface area contributed by atoms with Crippen LogP contribution in [0.3, 0.4) is 0 Å². The lowest BCUT2D eigenvalue weighted by molar-refractivity contribution is 0.359. The molecule has 0 unspecified atom stereocenters. The fourth-order valence-corrected chi connectivity index (χ4v) is 6.59. The quantitative estimate of drug-likeness (QED) is 0.0945. The molecule has 47 heavy (non-hydrogen) atoms. The summed E-state index contributed by atoms with van der Waals surface area (Å²) in [5, 5.41) is 5.04.